The fraction of sp³-hybridized carbons (Fsp3) is 0.727. The van der Waals surface area contributed by atoms with Gasteiger partial charge in [0.2, 0.25) is 0 Å². The number of rotatable bonds is 15. The van der Waals surface area contributed by atoms with E-state index in [1.165, 1.54) is 22.4 Å². The van der Waals surface area contributed by atoms with Crippen molar-refractivity contribution >= 4 is 11.6 Å². The molecule has 0 aromatic heterocycles. The molecule has 0 spiro atoms. The molecular formula is C33H57N3O. The van der Waals surface area contributed by atoms with E-state index < -0.39 is 0 Å². The molecule has 4 nitrogen and oxygen atoms in total. The van der Waals surface area contributed by atoms with Crippen molar-refractivity contribution in [2.45, 2.75) is 107 Å². The Bertz CT molecular complexity index is 865. The smallest absolute Gasteiger partial charge is 0.254 e. The fourth-order valence-electron chi connectivity index (χ4n) is 6.05. The summed E-state index contributed by atoms with van der Waals surface area (Å²) in [4.78, 5) is 21.6. The minimum atomic E-state index is -0.0416. The second kappa shape index (κ2) is 14.5. The average molecular weight is 512 g/mol. The highest BCUT2D eigenvalue weighted by molar-refractivity contribution is 6.08. The highest BCUT2D eigenvalue weighted by Crippen LogP contribution is 2.44. The minimum absolute atomic E-state index is 0.0416. The zero-order valence-corrected chi connectivity index (χ0v) is 25.9. The average Bonchev–Trinajstić information content (AvgIpc) is 2.86. The van der Waals surface area contributed by atoms with Gasteiger partial charge >= 0.3 is 0 Å². The van der Waals surface area contributed by atoms with Crippen LogP contribution in [0.15, 0.2) is 29.3 Å². The Labute approximate surface area is 229 Å². The monoisotopic (exact) mass is 511 g/mol. The van der Waals surface area contributed by atoms with Gasteiger partial charge in [-0.25, -0.2) is 0 Å². The summed E-state index contributed by atoms with van der Waals surface area (Å²) < 4.78 is 0. The maximum atomic E-state index is 14.4. The van der Waals surface area contributed by atoms with Gasteiger partial charge in [0.1, 0.15) is 0 Å². The van der Waals surface area contributed by atoms with E-state index in [0.717, 1.165) is 77.1 Å². The van der Waals surface area contributed by atoms with E-state index in [4.69, 9.17) is 0 Å². The molecule has 0 atom stereocenters. The SMILES string of the molecule is CCN(CC)CCCC1=C(CCCN(CC)CC)C(C)(C)CN(c2c(C(C)C)cccc2C(C)C)C1=O. The second-order valence-electron chi connectivity index (χ2n) is 12.1. The molecule has 0 unspecified atom stereocenters. The Kier molecular flexibility index (Phi) is 12.4. The number of carbonyl (C=O) groups is 1. The number of anilines is 1. The topological polar surface area (TPSA) is 26.8 Å². The van der Waals surface area contributed by atoms with Crippen LogP contribution in [0.3, 0.4) is 0 Å². The molecule has 4 heteroatoms. The van der Waals surface area contributed by atoms with E-state index >= 15 is 0 Å². The van der Waals surface area contributed by atoms with Crippen molar-refractivity contribution in [1.82, 2.24) is 9.80 Å². The predicted octanol–water partition coefficient (Wildman–Crippen LogP) is 7.85. The molecule has 210 valence electrons. The number of nitrogens with zero attached hydrogens (tertiary/aromatic N) is 3. The molecule has 1 aliphatic rings. The van der Waals surface area contributed by atoms with Crippen molar-refractivity contribution in [3.8, 4) is 0 Å². The summed E-state index contributed by atoms with van der Waals surface area (Å²) in [7, 11) is 0. The van der Waals surface area contributed by atoms with E-state index in [-0.39, 0.29) is 11.3 Å². The standard InChI is InChI=1S/C33H57N3O/c1-11-34(12-2)22-16-20-29-30(21-17-23-35(13-3)14-4)33(9,10)24-36(32(29)37)31-27(25(5)6)18-15-19-28(31)26(7)8/h15,18-19,25-26H,11-14,16-17,20-24H2,1-10H3. The lowest BCUT2D eigenvalue weighted by atomic mass is 9.74. The number of benzene rings is 1. The molecule has 37 heavy (non-hydrogen) atoms. The summed E-state index contributed by atoms with van der Waals surface area (Å²) in [5.41, 5.74) is 6.23. The third kappa shape index (κ3) is 7.93. The van der Waals surface area contributed by atoms with Gasteiger partial charge in [0.15, 0.2) is 0 Å². The molecular weight excluding hydrogens is 454 g/mol. The third-order valence-electron chi connectivity index (χ3n) is 8.44. The summed E-state index contributed by atoms with van der Waals surface area (Å²) >= 11 is 0. The van der Waals surface area contributed by atoms with E-state index in [1.54, 1.807) is 0 Å². The first-order valence-electron chi connectivity index (χ1n) is 15.1. The molecule has 1 aliphatic heterocycles. The van der Waals surface area contributed by atoms with Crippen LogP contribution in [0.1, 0.15) is 118 Å². The molecule has 1 heterocycles. The summed E-state index contributed by atoms with van der Waals surface area (Å²) in [6.45, 7) is 29.9. The minimum Gasteiger partial charge on any atom is -0.307 e. The van der Waals surface area contributed by atoms with Gasteiger partial charge in [0.05, 0.1) is 5.69 Å². The fourth-order valence-corrected chi connectivity index (χ4v) is 6.05. The van der Waals surface area contributed by atoms with Crippen LogP contribution in [0, 0.1) is 5.41 Å². The van der Waals surface area contributed by atoms with Crippen molar-refractivity contribution in [3.63, 3.8) is 0 Å². The van der Waals surface area contributed by atoms with E-state index in [2.05, 4.69) is 102 Å². The zero-order valence-electron chi connectivity index (χ0n) is 25.9. The van der Waals surface area contributed by atoms with Gasteiger partial charge < -0.3 is 14.7 Å². The van der Waals surface area contributed by atoms with Crippen LogP contribution in [0.2, 0.25) is 0 Å². The number of para-hydroxylation sites is 1. The summed E-state index contributed by atoms with van der Waals surface area (Å²) in [5.74, 6) is 0.997. The van der Waals surface area contributed by atoms with Crippen molar-refractivity contribution < 1.29 is 4.79 Å². The molecule has 1 aromatic rings. The molecule has 1 amide bonds. The molecule has 0 saturated heterocycles. The van der Waals surface area contributed by atoms with E-state index in [1.807, 2.05) is 0 Å². The van der Waals surface area contributed by atoms with Crippen LogP contribution in [0.4, 0.5) is 5.69 Å². The first-order chi connectivity index (χ1) is 17.5. The number of hydrogen-bond donors (Lipinski definition) is 0. The second-order valence-corrected chi connectivity index (χ2v) is 12.1. The maximum Gasteiger partial charge on any atom is 0.254 e. The zero-order chi connectivity index (χ0) is 27.8. The molecule has 2 rings (SSSR count). The van der Waals surface area contributed by atoms with Gasteiger partial charge in [-0.2, -0.15) is 0 Å². The Morgan fingerprint density at radius 3 is 1.70 bits per heavy atom. The Morgan fingerprint density at radius 2 is 1.27 bits per heavy atom. The van der Waals surface area contributed by atoms with Gasteiger partial charge in [0, 0.05) is 17.5 Å². The lowest BCUT2D eigenvalue weighted by Gasteiger charge is -2.43. The van der Waals surface area contributed by atoms with Gasteiger partial charge in [0.25, 0.3) is 5.91 Å². The maximum absolute atomic E-state index is 14.4. The van der Waals surface area contributed by atoms with Crippen molar-refractivity contribution in [3.05, 3.63) is 40.5 Å². The Balaban J connectivity index is 2.53. The van der Waals surface area contributed by atoms with Crippen LogP contribution in [-0.4, -0.2) is 61.5 Å². The molecule has 0 bridgehead atoms. The van der Waals surface area contributed by atoms with Crippen LogP contribution >= 0.6 is 0 Å². The molecule has 0 aliphatic carbocycles. The van der Waals surface area contributed by atoms with Crippen LogP contribution in [-0.2, 0) is 4.79 Å². The third-order valence-corrected chi connectivity index (χ3v) is 8.44. The Morgan fingerprint density at radius 1 is 0.811 bits per heavy atom. The lowest BCUT2D eigenvalue weighted by molar-refractivity contribution is -0.116. The van der Waals surface area contributed by atoms with Gasteiger partial charge in [-0.15, -0.1) is 0 Å². The summed E-state index contributed by atoms with van der Waals surface area (Å²) in [5, 5.41) is 0. The van der Waals surface area contributed by atoms with Gasteiger partial charge in [-0.05, 0) is 87.9 Å². The van der Waals surface area contributed by atoms with Gasteiger partial charge in [-0.3, -0.25) is 4.79 Å². The lowest BCUT2D eigenvalue weighted by Crippen LogP contribution is -2.47. The van der Waals surface area contributed by atoms with E-state index in [0.29, 0.717) is 11.8 Å². The molecule has 0 saturated carbocycles. The van der Waals surface area contributed by atoms with Crippen molar-refractivity contribution in [2.75, 3.05) is 50.7 Å². The molecule has 1 aromatic carbocycles. The summed E-state index contributed by atoms with van der Waals surface area (Å²) in [6, 6.07) is 6.64. The van der Waals surface area contributed by atoms with Gasteiger partial charge in [-0.1, -0.05) is 93.0 Å². The van der Waals surface area contributed by atoms with Crippen molar-refractivity contribution in [1.29, 1.82) is 0 Å². The van der Waals surface area contributed by atoms with Crippen molar-refractivity contribution in [2.24, 2.45) is 5.41 Å². The predicted molar refractivity (Wildman–Crippen MR) is 162 cm³/mol. The highest BCUT2D eigenvalue weighted by atomic mass is 16.2. The molecule has 0 fully saturated rings. The van der Waals surface area contributed by atoms with E-state index in [9.17, 15) is 4.79 Å². The first kappa shape index (κ1) is 31.6. The Hall–Kier alpha value is -1.65. The molecule has 0 N–H and O–H groups in total. The van der Waals surface area contributed by atoms with Crippen LogP contribution in [0.25, 0.3) is 0 Å². The van der Waals surface area contributed by atoms with Crippen LogP contribution in [0.5, 0.6) is 0 Å². The normalized spacial score (nSPS) is 16.3. The van der Waals surface area contributed by atoms with Crippen LogP contribution < -0.4 is 4.90 Å². The highest BCUT2D eigenvalue weighted by Gasteiger charge is 2.40. The number of hydrogen-bond acceptors (Lipinski definition) is 3. The number of amides is 1. The quantitative estimate of drug-likeness (QED) is 0.240. The largest absolute Gasteiger partial charge is 0.307 e. The molecule has 0 radical (unpaired) electrons. The summed E-state index contributed by atoms with van der Waals surface area (Å²) in [6.07, 6.45) is 4.05. The first-order valence-corrected chi connectivity index (χ1v) is 15.1. The number of carbonyl (C=O) groups excluding carboxylic acids is 1.